The van der Waals surface area contributed by atoms with Crippen molar-refractivity contribution in [2.45, 2.75) is 40.5 Å². The fourth-order valence-electron chi connectivity index (χ4n) is 4.63. The number of aryl methyl sites for hydroxylation is 2. The molecule has 2 heterocycles. The lowest BCUT2D eigenvalue weighted by atomic mass is 9.96. The maximum atomic E-state index is 13.8. The number of nitrogens with zero attached hydrogens (tertiary/aromatic N) is 4. The van der Waals surface area contributed by atoms with Gasteiger partial charge in [-0.15, -0.1) is 0 Å². The molecule has 0 atom stereocenters. The lowest BCUT2D eigenvalue weighted by Gasteiger charge is -2.18. The van der Waals surface area contributed by atoms with Crippen molar-refractivity contribution in [3.8, 4) is 22.8 Å². The van der Waals surface area contributed by atoms with Crippen LogP contribution in [0.25, 0.3) is 28.0 Å². The second-order valence-electron chi connectivity index (χ2n) is 9.75. The molecule has 2 aromatic heterocycles. The van der Waals surface area contributed by atoms with E-state index >= 15 is 0 Å². The molecule has 0 saturated heterocycles. The van der Waals surface area contributed by atoms with Crippen LogP contribution in [0.15, 0.2) is 88.9 Å². The molecule has 0 aliphatic carbocycles. The molecular formula is C32H32N4O2. The monoisotopic (exact) mass is 504 g/mol. The summed E-state index contributed by atoms with van der Waals surface area (Å²) in [5.74, 6) is 1.59. The van der Waals surface area contributed by atoms with E-state index < -0.39 is 0 Å². The predicted octanol–water partition coefficient (Wildman–Crippen LogP) is 6.88. The Bertz CT molecular complexity index is 1690. The van der Waals surface area contributed by atoms with Crippen LogP contribution >= 0.6 is 0 Å². The standard InChI is InChI=1S/C32H32N4O2/c1-6-38-30-18-23(5)28(19-27(30)21(2)3)31-34-29-12-8-7-11-26(29)32(37)36(31)33-20-25-10-9-17-35(25)24-15-13-22(4)14-16-24/h7-21H,6H2,1-5H3. The molecule has 0 spiro atoms. The molecule has 5 aromatic rings. The Labute approximate surface area is 222 Å². The molecule has 6 heteroatoms. The highest BCUT2D eigenvalue weighted by Gasteiger charge is 2.18. The number of aromatic nitrogens is 3. The van der Waals surface area contributed by atoms with Gasteiger partial charge in [0.25, 0.3) is 5.56 Å². The summed E-state index contributed by atoms with van der Waals surface area (Å²) in [6.07, 6.45) is 3.70. The van der Waals surface area contributed by atoms with Crippen LogP contribution in [0.4, 0.5) is 0 Å². The smallest absolute Gasteiger partial charge is 0.282 e. The van der Waals surface area contributed by atoms with Gasteiger partial charge in [0.1, 0.15) is 5.75 Å². The number of ether oxygens (including phenoxy) is 1. The highest BCUT2D eigenvalue weighted by Crippen LogP contribution is 2.34. The Morgan fingerprint density at radius 2 is 1.76 bits per heavy atom. The van der Waals surface area contributed by atoms with Gasteiger partial charge in [0.15, 0.2) is 5.82 Å². The third-order valence-corrected chi connectivity index (χ3v) is 6.67. The van der Waals surface area contributed by atoms with Crippen LogP contribution in [0.1, 0.15) is 49.1 Å². The number of hydrogen-bond acceptors (Lipinski definition) is 4. The molecule has 38 heavy (non-hydrogen) atoms. The van der Waals surface area contributed by atoms with Crippen LogP contribution in [0.3, 0.4) is 0 Å². The molecule has 0 unspecified atom stereocenters. The van der Waals surface area contributed by atoms with E-state index in [0.29, 0.717) is 23.3 Å². The molecule has 0 amide bonds. The van der Waals surface area contributed by atoms with Gasteiger partial charge < -0.3 is 9.30 Å². The Hall–Kier alpha value is -4.45. The van der Waals surface area contributed by atoms with Crippen molar-refractivity contribution in [2.24, 2.45) is 5.10 Å². The molecule has 0 aliphatic rings. The first-order valence-electron chi connectivity index (χ1n) is 13.0. The van der Waals surface area contributed by atoms with Gasteiger partial charge in [-0.05, 0) is 86.3 Å². The number of fused-ring (bicyclic) bond motifs is 1. The average molecular weight is 505 g/mol. The van der Waals surface area contributed by atoms with Gasteiger partial charge in [0.05, 0.1) is 29.4 Å². The Kier molecular flexibility index (Phi) is 6.97. The molecule has 0 N–H and O–H groups in total. The van der Waals surface area contributed by atoms with Crippen molar-refractivity contribution in [1.29, 1.82) is 0 Å². The SMILES string of the molecule is CCOc1cc(C)c(-c2nc3ccccc3c(=O)n2N=Cc2cccn2-c2ccc(C)cc2)cc1C(C)C. The van der Waals surface area contributed by atoms with Crippen molar-refractivity contribution in [1.82, 2.24) is 14.2 Å². The lowest BCUT2D eigenvalue weighted by Crippen LogP contribution is -2.21. The molecule has 3 aromatic carbocycles. The van der Waals surface area contributed by atoms with Gasteiger partial charge in [-0.1, -0.05) is 43.7 Å². The van der Waals surface area contributed by atoms with Crippen LogP contribution in [-0.2, 0) is 0 Å². The van der Waals surface area contributed by atoms with E-state index in [1.54, 1.807) is 12.3 Å². The number of rotatable bonds is 7. The highest BCUT2D eigenvalue weighted by molar-refractivity contribution is 5.82. The fourth-order valence-corrected chi connectivity index (χ4v) is 4.63. The van der Waals surface area contributed by atoms with E-state index in [9.17, 15) is 4.79 Å². The number of hydrogen-bond donors (Lipinski definition) is 0. The maximum Gasteiger partial charge on any atom is 0.282 e. The molecule has 0 radical (unpaired) electrons. The maximum absolute atomic E-state index is 13.8. The minimum absolute atomic E-state index is 0.213. The van der Waals surface area contributed by atoms with Crippen molar-refractivity contribution in [2.75, 3.05) is 6.61 Å². The van der Waals surface area contributed by atoms with E-state index in [1.165, 1.54) is 10.2 Å². The van der Waals surface area contributed by atoms with Crippen LogP contribution < -0.4 is 10.3 Å². The topological polar surface area (TPSA) is 61.4 Å². The summed E-state index contributed by atoms with van der Waals surface area (Å²) >= 11 is 0. The summed E-state index contributed by atoms with van der Waals surface area (Å²) in [5.41, 5.74) is 6.38. The van der Waals surface area contributed by atoms with Gasteiger partial charge in [-0.3, -0.25) is 4.79 Å². The Balaban J connectivity index is 1.70. The first kappa shape index (κ1) is 25.2. The molecular weight excluding hydrogens is 472 g/mol. The second-order valence-corrected chi connectivity index (χ2v) is 9.75. The summed E-state index contributed by atoms with van der Waals surface area (Å²) in [6.45, 7) is 10.9. The van der Waals surface area contributed by atoms with Crippen LogP contribution in [0.2, 0.25) is 0 Å². The zero-order chi connectivity index (χ0) is 26.8. The number of para-hydroxylation sites is 1. The highest BCUT2D eigenvalue weighted by atomic mass is 16.5. The zero-order valence-electron chi connectivity index (χ0n) is 22.5. The zero-order valence-corrected chi connectivity index (χ0v) is 22.5. The predicted molar refractivity (Wildman–Crippen MR) is 155 cm³/mol. The van der Waals surface area contributed by atoms with E-state index in [-0.39, 0.29) is 11.5 Å². The molecule has 6 nitrogen and oxygen atoms in total. The van der Waals surface area contributed by atoms with Gasteiger partial charge in [-0.2, -0.15) is 9.78 Å². The molecule has 0 bridgehead atoms. The van der Waals surface area contributed by atoms with Crippen molar-refractivity contribution in [3.63, 3.8) is 0 Å². The van der Waals surface area contributed by atoms with Crippen molar-refractivity contribution >= 4 is 17.1 Å². The van der Waals surface area contributed by atoms with Gasteiger partial charge in [-0.25, -0.2) is 4.98 Å². The van der Waals surface area contributed by atoms with Crippen molar-refractivity contribution < 1.29 is 4.74 Å². The summed E-state index contributed by atoms with van der Waals surface area (Å²) in [6, 6.07) is 23.7. The summed E-state index contributed by atoms with van der Waals surface area (Å²) in [5, 5.41) is 5.24. The third-order valence-electron chi connectivity index (χ3n) is 6.67. The second kappa shape index (κ2) is 10.5. The minimum atomic E-state index is -0.213. The van der Waals surface area contributed by atoms with Crippen LogP contribution in [0.5, 0.6) is 5.75 Å². The van der Waals surface area contributed by atoms with Gasteiger partial charge >= 0.3 is 0 Å². The Morgan fingerprint density at radius 1 is 1.00 bits per heavy atom. The lowest BCUT2D eigenvalue weighted by molar-refractivity contribution is 0.335. The van der Waals surface area contributed by atoms with E-state index in [1.807, 2.05) is 61.0 Å². The van der Waals surface area contributed by atoms with E-state index in [0.717, 1.165) is 33.8 Å². The first-order valence-corrected chi connectivity index (χ1v) is 13.0. The molecule has 192 valence electrons. The molecule has 5 rings (SSSR count). The largest absolute Gasteiger partial charge is 0.494 e. The third kappa shape index (κ3) is 4.77. The van der Waals surface area contributed by atoms with E-state index in [2.05, 4.69) is 51.1 Å². The van der Waals surface area contributed by atoms with Crippen molar-refractivity contribution in [3.05, 3.63) is 112 Å². The van der Waals surface area contributed by atoms with Crippen LogP contribution in [0, 0.1) is 13.8 Å². The van der Waals surface area contributed by atoms with E-state index in [4.69, 9.17) is 14.8 Å². The van der Waals surface area contributed by atoms with Gasteiger partial charge in [0.2, 0.25) is 0 Å². The average Bonchev–Trinajstić information content (AvgIpc) is 3.37. The number of benzene rings is 3. The van der Waals surface area contributed by atoms with Gasteiger partial charge in [0, 0.05) is 17.4 Å². The molecule has 0 saturated carbocycles. The summed E-state index contributed by atoms with van der Waals surface area (Å²) in [7, 11) is 0. The minimum Gasteiger partial charge on any atom is -0.494 e. The Morgan fingerprint density at radius 3 is 2.50 bits per heavy atom. The summed E-state index contributed by atoms with van der Waals surface area (Å²) < 4.78 is 9.39. The normalized spacial score (nSPS) is 11.6. The summed E-state index contributed by atoms with van der Waals surface area (Å²) in [4.78, 5) is 18.7. The first-order chi connectivity index (χ1) is 18.4. The molecule has 0 fully saturated rings. The van der Waals surface area contributed by atoms with Crippen LogP contribution in [-0.4, -0.2) is 27.0 Å². The quantitative estimate of drug-likeness (QED) is 0.227. The fraction of sp³-hybridized carbons (Fsp3) is 0.219. The molecule has 0 aliphatic heterocycles.